The molecule has 0 saturated heterocycles. The number of nitrogens with zero attached hydrogens (tertiary/aromatic N) is 3. The molecule has 2 aromatic rings. The first-order valence-electron chi connectivity index (χ1n) is 6.12. The minimum atomic E-state index is -3.24. The van der Waals surface area contributed by atoms with E-state index < -0.39 is 9.84 Å². The Balaban J connectivity index is 2.18. The van der Waals surface area contributed by atoms with Gasteiger partial charge in [-0.1, -0.05) is 12.1 Å². The van der Waals surface area contributed by atoms with Crippen LogP contribution in [0, 0.1) is 0 Å². The van der Waals surface area contributed by atoms with Gasteiger partial charge in [0.1, 0.15) is 12.2 Å². The average Bonchev–Trinajstić information content (AvgIpc) is 2.85. The number of hydrogen-bond acceptors (Lipinski definition) is 5. The lowest BCUT2D eigenvalue weighted by atomic mass is 10.1. The molecule has 0 fully saturated rings. The second-order valence-corrected chi connectivity index (χ2v) is 6.40. The molecule has 2 rings (SSSR count). The summed E-state index contributed by atoms with van der Waals surface area (Å²) in [5.41, 5.74) is 0.461. The molecule has 0 unspecified atom stereocenters. The first kappa shape index (κ1) is 14.4. The van der Waals surface area contributed by atoms with Crippen LogP contribution in [0.5, 0.6) is 0 Å². The van der Waals surface area contributed by atoms with Crippen LogP contribution in [0.1, 0.15) is 23.1 Å². The molecule has 1 aromatic heterocycles. The summed E-state index contributed by atoms with van der Waals surface area (Å²) in [7, 11) is -3.24. The highest BCUT2D eigenvalue weighted by atomic mass is 32.2. The number of aryl methyl sites for hydroxylation is 1. The van der Waals surface area contributed by atoms with Crippen LogP contribution in [-0.4, -0.2) is 35.2 Å². The van der Waals surface area contributed by atoms with Crippen molar-refractivity contribution in [2.45, 2.75) is 24.8 Å². The minimum absolute atomic E-state index is 0.118. The van der Waals surface area contributed by atoms with Crippen LogP contribution in [0.2, 0.25) is 0 Å². The third-order valence-corrected chi connectivity index (χ3v) is 4.05. The second kappa shape index (κ2) is 5.54. The minimum Gasteiger partial charge on any atom is -0.294 e. The summed E-state index contributed by atoms with van der Waals surface area (Å²) in [5, 5.41) is 4.00. The van der Waals surface area contributed by atoms with Gasteiger partial charge in [0.15, 0.2) is 15.6 Å². The Bertz CT molecular complexity index is 718. The van der Waals surface area contributed by atoms with Crippen LogP contribution >= 0.6 is 0 Å². The van der Waals surface area contributed by atoms with Gasteiger partial charge in [0.05, 0.1) is 11.3 Å². The number of benzene rings is 1. The highest BCUT2D eigenvalue weighted by molar-refractivity contribution is 7.90. The molecule has 0 spiro atoms. The fourth-order valence-corrected chi connectivity index (χ4v) is 2.45. The molecule has 0 aliphatic heterocycles. The Kier molecular flexibility index (Phi) is 3.99. The highest BCUT2D eigenvalue weighted by Gasteiger charge is 2.13. The van der Waals surface area contributed by atoms with Crippen LogP contribution in [0.3, 0.4) is 0 Å². The number of carbonyl (C=O) groups is 1. The van der Waals surface area contributed by atoms with Crippen LogP contribution < -0.4 is 0 Å². The highest BCUT2D eigenvalue weighted by Crippen LogP contribution is 2.12. The molecule has 0 amide bonds. The van der Waals surface area contributed by atoms with Crippen LogP contribution in [0.4, 0.5) is 0 Å². The molecule has 0 aliphatic carbocycles. The standard InChI is InChI=1S/C13H15N3O3S/c1-3-16-13(14-9-15-16)8-12(17)10-4-6-11(7-5-10)20(2,18)19/h4-7,9H,3,8H2,1-2H3. The van der Waals surface area contributed by atoms with Gasteiger partial charge in [0, 0.05) is 18.4 Å². The van der Waals surface area contributed by atoms with Gasteiger partial charge in [-0.15, -0.1) is 0 Å². The Morgan fingerprint density at radius 2 is 1.90 bits per heavy atom. The Morgan fingerprint density at radius 3 is 2.45 bits per heavy atom. The van der Waals surface area contributed by atoms with E-state index in [9.17, 15) is 13.2 Å². The molecule has 0 N–H and O–H groups in total. The molecular formula is C13H15N3O3S. The van der Waals surface area contributed by atoms with E-state index in [1.54, 1.807) is 4.68 Å². The number of rotatable bonds is 5. The fraction of sp³-hybridized carbons (Fsp3) is 0.308. The van der Waals surface area contributed by atoms with Crippen molar-refractivity contribution in [2.24, 2.45) is 0 Å². The van der Waals surface area contributed by atoms with Crippen LogP contribution in [-0.2, 0) is 22.8 Å². The van der Waals surface area contributed by atoms with E-state index in [2.05, 4.69) is 10.1 Å². The van der Waals surface area contributed by atoms with E-state index >= 15 is 0 Å². The third-order valence-electron chi connectivity index (χ3n) is 2.92. The molecule has 7 heteroatoms. The Hall–Kier alpha value is -2.02. The molecule has 0 radical (unpaired) electrons. The smallest absolute Gasteiger partial charge is 0.175 e. The summed E-state index contributed by atoms with van der Waals surface area (Å²) in [5.74, 6) is 0.484. The van der Waals surface area contributed by atoms with Crippen molar-refractivity contribution in [1.29, 1.82) is 0 Å². The topological polar surface area (TPSA) is 81.9 Å². The molecule has 1 heterocycles. The zero-order chi connectivity index (χ0) is 14.8. The molecule has 0 saturated carbocycles. The zero-order valence-corrected chi connectivity index (χ0v) is 12.1. The summed E-state index contributed by atoms with van der Waals surface area (Å²) in [6.07, 6.45) is 2.69. The quantitative estimate of drug-likeness (QED) is 0.772. The first-order chi connectivity index (χ1) is 9.41. The van der Waals surface area contributed by atoms with E-state index in [0.717, 1.165) is 6.26 Å². The van der Waals surface area contributed by atoms with Crippen LogP contribution in [0.25, 0.3) is 0 Å². The second-order valence-electron chi connectivity index (χ2n) is 4.39. The summed E-state index contributed by atoms with van der Waals surface area (Å²) >= 11 is 0. The van der Waals surface area contributed by atoms with Crippen molar-refractivity contribution in [3.63, 3.8) is 0 Å². The summed E-state index contributed by atoms with van der Waals surface area (Å²) in [4.78, 5) is 16.4. The molecule has 20 heavy (non-hydrogen) atoms. The van der Waals surface area contributed by atoms with Crippen molar-refractivity contribution in [3.05, 3.63) is 42.0 Å². The van der Waals surface area contributed by atoms with E-state index in [0.29, 0.717) is 17.9 Å². The fourth-order valence-electron chi connectivity index (χ4n) is 1.82. The van der Waals surface area contributed by atoms with E-state index in [-0.39, 0.29) is 17.1 Å². The lowest BCUT2D eigenvalue weighted by Gasteiger charge is -2.04. The molecule has 1 aromatic carbocycles. The van der Waals surface area contributed by atoms with Gasteiger partial charge in [0.25, 0.3) is 0 Å². The van der Waals surface area contributed by atoms with Gasteiger partial charge in [-0.25, -0.2) is 18.1 Å². The largest absolute Gasteiger partial charge is 0.294 e. The molecule has 6 nitrogen and oxygen atoms in total. The number of ketones is 1. The summed E-state index contributed by atoms with van der Waals surface area (Å²) in [6, 6.07) is 5.91. The Labute approximate surface area is 117 Å². The average molecular weight is 293 g/mol. The molecule has 0 bridgehead atoms. The maximum atomic E-state index is 12.1. The van der Waals surface area contributed by atoms with E-state index in [1.165, 1.54) is 30.6 Å². The SMILES string of the molecule is CCn1ncnc1CC(=O)c1ccc(S(C)(=O)=O)cc1. The lowest BCUT2D eigenvalue weighted by molar-refractivity contribution is 0.0989. The zero-order valence-electron chi connectivity index (χ0n) is 11.3. The van der Waals surface area contributed by atoms with Crippen molar-refractivity contribution in [2.75, 3.05) is 6.26 Å². The maximum absolute atomic E-state index is 12.1. The first-order valence-corrected chi connectivity index (χ1v) is 8.01. The predicted molar refractivity (Wildman–Crippen MR) is 73.3 cm³/mol. The predicted octanol–water partition coefficient (Wildman–Crippen LogP) is 1.13. The number of Topliss-reactive ketones (excluding diaryl/α,β-unsaturated/α-hetero) is 1. The number of aromatic nitrogens is 3. The molecule has 0 atom stereocenters. The molecule has 106 valence electrons. The lowest BCUT2D eigenvalue weighted by Crippen LogP contribution is -2.11. The van der Waals surface area contributed by atoms with E-state index in [4.69, 9.17) is 0 Å². The van der Waals surface area contributed by atoms with Gasteiger partial charge < -0.3 is 0 Å². The normalized spacial score (nSPS) is 11.5. The van der Waals surface area contributed by atoms with Gasteiger partial charge in [-0.3, -0.25) is 4.79 Å². The number of carbonyl (C=O) groups excluding carboxylic acids is 1. The van der Waals surface area contributed by atoms with Gasteiger partial charge >= 0.3 is 0 Å². The molecule has 0 aliphatic rings. The maximum Gasteiger partial charge on any atom is 0.175 e. The number of hydrogen-bond donors (Lipinski definition) is 0. The van der Waals surface area contributed by atoms with Crippen molar-refractivity contribution < 1.29 is 13.2 Å². The van der Waals surface area contributed by atoms with Crippen molar-refractivity contribution >= 4 is 15.6 Å². The van der Waals surface area contributed by atoms with Crippen molar-refractivity contribution in [1.82, 2.24) is 14.8 Å². The monoisotopic (exact) mass is 293 g/mol. The third kappa shape index (κ3) is 3.11. The van der Waals surface area contributed by atoms with Crippen molar-refractivity contribution in [3.8, 4) is 0 Å². The van der Waals surface area contributed by atoms with E-state index in [1.807, 2.05) is 6.92 Å². The van der Waals surface area contributed by atoms with Gasteiger partial charge in [0.2, 0.25) is 0 Å². The van der Waals surface area contributed by atoms with Crippen LogP contribution in [0.15, 0.2) is 35.5 Å². The van der Waals surface area contributed by atoms with Gasteiger partial charge in [-0.2, -0.15) is 5.10 Å². The summed E-state index contributed by atoms with van der Waals surface area (Å²) < 4.78 is 24.4. The molecular weight excluding hydrogens is 278 g/mol. The van der Waals surface area contributed by atoms with Gasteiger partial charge in [-0.05, 0) is 19.1 Å². The number of sulfone groups is 1. The summed E-state index contributed by atoms with van der Waals surface area (Å²) in [6.45, 7) is 2.57. The Morgan fingerprint density at radius 1 is 1.25 bits per heavy atom.